The van der Waals surface area contributed by atoms with Crippen molar-refractivity contribution in [1.82, 2.24) is 9.80 Å². The lowest BCUT2D eigenvalue weighted by Gasteiger charge is -2.55. The number of likely N-dealkylation sites (N-methyl/N-ethyl adjacent to an activating group) is 2. The van der Waals surface area contributed by atoms with Crippen LogP contribution in [0, 0.1) is 11.3 Å². The van der Waals surface area contributed by atoms with Crippen molar-refractivity contribution in [3.05, 3.63) is 0 Å². The molecule has 3 nitrogen and oxygen atoms in total. The van der Waals surface area contributed by atoms with Gasteiger partial charge in [-0.1, -0.05) is 20.8 Å². The molecule has 118 valence electrons. The maximum Gasteiger partial charge on any atom is 0.0339 e. The Hall–Kier alpha value is -0.120. The highest BCUT2D eigenvalue weighted by molar-refractivity contribution is 5.02. The molecule has 20 heavy (non-hydrogen) atoms. The predicted octanol–water partition coefficient (Wildman–Crippen LogP) is 2.56. The van der Waals surface area contributed by atoms with Crippen molar-refractivity contribution in [2.45, 2.75) is 64.5 Å². The zero-order chi connectivity index (χ0) is 15.0. The van der Waals surface area contributed by atoms with E-state index in [9.17, 15) is 0 Å². The molecule has 0 aromatic heterocycles. The highest BCUT2D eigenvalue weighted by atomic mass is 15.3. The number of piperidine rings is 1. The van der Waals surface area contributed by atoms with Gasteiger partial charge in [-0.2, -0.15) is 0 Å². The summed E-state index contributed by atoms with van der Waals surface area (Å²) < 4.78 is 0. The Balaban J connectivity index is 2.16. The van der Waals surface area contributed by atoms with E-state index in [0.29, 0.717) is 11.5 Å². The fourth-order valence-corrected chi connectivity index (χ4v) is 5.11. The molecular weight excluding hydrogens is 246 g/mol. The van der Waals surface area contributed by atoms with Gasteiger partial charge in [-0.25, -0.2) is 0 Å². The summed E-state index contributed by atoms with van der Waals surface area (Å²) in [5.41, 5.74) is 6.94. The zero-order valence-corrected chi connectivity index (χ0v) is 14.3. The average Bonchev–Trinajstić information content (AvgIpc) is 2.35. The van der Waals surface area contributed by atoms with Gasteiger partial charge >= 0.3 is 0 Å². The maximum atomic E-state index is 6.31. The molecule has 3 unspecified atom stereocenters. The first-order valence-electron chi connectivity index (χ1n) is 8.40. The second-order valence-corrected chi connectivity index (χ2v) is 8.45. The molecule has 1 saturated carbocycles. The van der Waals surface area contributed by atoms with Crippen LogP contribution < -0.4 is 5.73 Å². The Morgan fingerprint density at radius 1 is 1.30 bits per heavy atom. The fourth-order valence-electron chi connectivity index (χ4n) is 5.11. The average molecular weight is 281 g/mol. The summed E-state index contributed by atoms with van der Waals surface area (Å²) in [6.07, 6.45) is 6.51. The van der Waals surface area contributed by atoms with E-state index in [4.69, 9.17) is 5.73 Å². The van der Waals surface area contributed by atoms with E-state index in [1.54, 1.807) is 0 Å². The summed E-state index contributed by atoms with van der Waals surface area (Å²) in [4.78, 5) is 5.15. The number of rotatable bonds is 3. The summed E-state index contributed by atoms with van der Waals surface area (Å²) in [5, 5.41) is 0. The van der Waals surface area contributed by atoms with Crippen LogP contribution in [-0.2, 0) is 0 Å². The van der Waals surface area contributed by atoms with Crippen LogP contribution in [0.4, 0.5) is 0 Å². The lowest BCUT2D eigenvalue weighted by Crippen LogP contribution is -2.62. The Bertz CT molecular complexity index is 328. The molecule has 0 bridgehead atoms. The Labute approximate surface area is 125 Å². The number of nitrogens with zero attached hydrogens (tertiary/aromatic N) is 2. The molecule has 3 atom stereocenters. The third-order valence-corrected chi connectivity index (χ3v) is 5.71. The number of hydrogen-bond donors (Lipinski definition) is 1. The normalized spacial score (nSPS) is 39.1. The molecule has 0 spiro atoms. The second-order valence-electron chi connectivity index (χ2n) is 8.45. The first-order chi connectivity index (χ1) is 9.28. The first kappa shape index (κ1) is 16.3. The van der Waals surface area contributed by atoms with Crippen molar-refractivity contribution in [3.8, 4) is 0 Å². The molecule has 1 heterocycles. The quantitative estimate of drug-likeness (QED) is 0.863. The standard InChI is InChI=1S/C17H35N3/c1-14-9-16(2,3)12-17(10-14,13-18)20(5)15-7-6-8-19(4)11-15/h14-15H,6-13,18H2,1-5H3. The Kier molecular flexibility index (Phi) is 4.83. The van der Waals surface area contributed by atoms with Gasteiger partial charge in [0.1, 0.15) is 0 Å². The van der Waals surface area contributed by atoms with Crippen LogP contribution in [0.2, 0.25) is 0 Å². The van der Waals surface area contributed by atoms with E-state index < -0.39 is 0 Å². The van der Waals surface area contributed by atoms with Crippen LogP contribution in [0.15, 0.2) is 0 Å². The van der Waals surface area contributed by atoms with Crippen molar-refractivity contribution >= 4 is 0 Å². The van der Waals surface area contributed by atoms with Crippen LogP contribution in [0.1, 0.15) is 52.9 Å². The summed E-state index contributed by atoms with van der Waals surface area (Å²) in [6, 6.07) is 0.679. The smallest absolute Gasteiger partial charge is 0.0339 e. The van der Waals surface area contributed by atoms with Crippen LogP contribution in [0.5, 0.6) is 0 Å². The number of likely N-dealkylation sites (tertiary alicyclic amines) is 1. The van der Waals surface area contributed by atoms with Gasteiger partial charge in [0.15, 0.2) is 0 Å². The van der Waals surface area contributed by atoms with E-state index in [2.05, 4.69) is 44.7 Å². The summed E-state index contributed by atoms with van der Waals surface area (Å²) in [5.74, 6) is 0.783. The zero-order valence-electron chi connectivity index (χ0n) is 14.3. The monoisotopic (exact) mass is 281 g/mol. The minimum atomic E-state index is 0.212. The topological polar surface area (TPSA) is 32.5 Å². The molecule has 0 aromatic carbocycles. The van der Waals surface area contributed by atoms with Crippen LogP contribution in [0.25, 0.3) is 0 Å². The molecule has 0 amide bonds. The van der Waals surface area contributed by atoms with Crippen LogP contribution in [0.3, 0.4) is 0 Å². The van der Waals surface area contributed by atoms with E-state index in [1.165, 1.54) is 45.2 Å². The predicted molar refractivity (Wildman–Crippen MR) is 86.9 cm³/mol. The molecule has 0 radical (unpaired) electrons. The molecule has 1 saturated heterocycles. The van der Waals surface area contributed by atoms with E-state index in [-0.39, 0.29) is 5.54 Å². The SMILES string of the molecule is CC1CC(C)(C)CC(CN)(N(C)C2CCCN(C)C2)C1. The lowest BCUT2D eigenvalue weighted by molar-refractivity contribution is -0.0344. The van der Waals surface area contributed by atoms with Gasteiger partial charge < -0.3 is 10.6 Å². The molecule has 1 aliphatic carbocycles. The molecule has 2 N–H and O–H groups in total. The molecule has 2 rings (SSSR count). The molecular formula is C17H35N3. The molecule has 2 fully saturated rings. The van der Waals surface area contributed by atoms with E-state index in [0.717, 1.165) is 12.5 Å². The van der Waals surface area contributed by atoms with Gasteiger partial charge in [-0.05, 0) is 64.1 Å². The van der Waals surface area contributed by atoms with Crippen molar-refractivity contribution in [3.63, 3.8) is 0 Å². The third-order valence-electron chi connectivity index (χ3n) is 5.71. The van der Waals surface area contributed by atoms with Gasteiger partial charge in [-0.15, -0.1) is 0 Å². The van der Waals surface area contributed by atoms with E-state index >= 15 is 0 Å². The van der Waals surface area contributed by atoms with E-state index in [1.807, 2.05) is 0 Å². The molecule has 3 heteroatoms. The highest BCUT2D eigenvalue weighted by Gasteiger charge is 2.46. The van der Waals surface area contributed by atoms with Crippen molar-refractivity contribution < 1.29 is 0 Å². The van der Waals surface area contributed by atoms with Crippen LogP contribution in [-0.4, -0.2) is 55.1 Å². The highest BCUT2D eigenvalue weighted by Crippen LogP contribution is 2.46. The third kappa shape index (κ3) is 3.37. The van der Waals surface area contributed by atoms with Gasteiger partial charge in [0, 0.05) is 24.7 Å². The summed E-state index contributed by atoms with van der Waals surface area (Å²) in [6.45, 7) is 10.5. The maximum absolute atomic E-state index is 6.31. The van der Waals surface area contributed by atoms with Crippen molar-refractivity contribution in [1.29, 1.82) is 0 Å². The van der Waals surface area contributed by atoms with Crippen LogP contribution >= 0.6 is 0 Å². The van der Waals surface area contributed by atoms with Gasteiger partial charge in [-0.3, -0.25) is 4.90 Å². The van der Waals surface area contributed by atoms with Crippen molar-refractivity contribution in [2.24, 2.45) is 17.1 Å². The first-order valence-corrected chi connectivity index (χ1v) is 8.40. The molecule has 2 aliphatic rings. The number of hydrogen-bond acceptors (Lipinski definition) is 3. The second kappa shape index (κ2) is 5.94. The minimum Gasteiger partial charge on any atom is -0.329 e. The summed E-state index contributed by atoms with van der Waals surface area (Å²) >= 11 is 0. The minimum absolute atomic E-state index is 0.212. The van der Waals surface area contributed by atoms with Gasteiger partial charge in [0.2, 0.25) is 0 Å². The van der Waals surface area contributed by atoms with Gasteiger partial charge in [0.25, 0.3) is 0 Å². The Morgan fingerprint density at radius 3 is 2.55 bits per heavy atom. The Morgan fingerprint density at radius 2 is 2.00 bits per heavy atom. The fraction of sp³-hybridized carbons (Fsp3) is 1.00. The number of nitrogens with two attached hydrogens (primary N) is 1. The molecule has 1 aliphatic heterocycles. The lowest BCUT2D eigenvalue weighted by atomic mass is 9.63. The summed E-state index contributed by atoms with van der Waals surface area (Å²) in [7, 11) is 4.59. The van der Waals surface area contributed by atoms with Crippen molar-refractivity contribution in [2.75, 3.05) is 33.7 Å². The molecule has 0 aromatic rings. The van der Waals surface area contributed by atoms with Gasteiger partial charge in [0.05, 0.1) is 0 Å². The largest absolute Gasteiger partial charge is 0.329 e.